The number of benzene rings is 1. The number of alkyl halides is 1. The summed E-state index contributed by atoms with van der Waals surface area (Å²) < 4.78 is 12.4. The first-order chi connectivity index (χ1) is 9.60. The van der Waals surface area contributed by atoms with Gasteiger partial charge in [-0.25, -0.2) is 4.79 Å². The van der Waals surface area contributed by atoms with Crippen molar-refractivity contribution < 1.29 is 8.83 Å². The maximum atomic E-state index is 11.5. The van der Waals surface area contributed by atoms with Crippen LogP contribution in [0, 0.1) is 0 Å². The fourth-order valence-electron chi connectivity index (χ4n) is 2.19. The van der Waals surface area contributed by atoms with Crippen molar-refractivity contribution >= 4 is 27.0 Å². The second kappa shape index (κ2) is 4.98. The highest BCUT2D eigenvalue weighted by molar-refractivity contribution is 9.09. The summed E-state index contributed by atoms with van der Waals surface area (Å²) in [5, 5.41) is 0. The molecule has 5 heteroatoms. The summed E-state index contributed by atoms with van der Waals surface area (Å²) in [6.07, 6.45) is 0.867. The first-order valence-electron chi connectivity index (χ1n) is 6.42. The van der Waals surface area contributed by atoms with Crippen LogP contribution in [0.5, 0.6) is 0 Å². The number of hydrogen-bond acceptors (Lipinski definition) is 3. The minimum absolute atomic E-state index is 0.0577. The van der Waals surface area contributed by atoms with Gasteiger partial charge < -0.3 is 8.83 Å². The van der Waals surface area contributed by atoms with Gasteiger partial charge in [0.1, 0.15) is 11.5 Å². The molecule has 1 atom stereocenters. The average molecular weight is 336 g/mol. The molecule has 0 spiro atoms. The number of oxazole rings is 1. The number of halogens is 1. The maximum Gasteiger partial charge on any atom is 0.419 e. The van der Waals surface area contributed by atoms with Crippen LogP contribution in [0.15, 0.2) is 44.0 Å². The topological polar surface area (TPSA) is 48.3 Å². The minimum Gasteiger partial charge on any atom is -0.465 e. The number of nitrogens with zero attached hydrogens (tertiary/aromatic N) is 1. The molecule has 0 saturated heterocycles. The highest BCUT2D eigenvalue weighted by atomic mass is 79.9. The first kappa shape index (κ1) is 13.2. The van der Waals surface area contributed by atoms with Crippen LogP contribution in [0.1, 0.15) is 28.8 Å². The van der Waals surface area contributed by atoms with Gasteiger partial charge in [-0.05, 0) is 29.8 Å². The molecule has 104 valence electrons. The number of aryl methyl sites for hydroxylation is 2. The Kier molecular flexibility index (Phi) is 3.30. The van der Waals surface area contributed by atoms with Crippen LogP contribution in [0.3, 0.4) is 0 Å². The summed E-state index contributed by atoms with van der Waals surface area (Å²) in [7, 11) is 1.69. The Balaban J connectivity index is 2.03. The summed E-state index contributed by atoms with van der Waals surface area (Å²) >= 11 is 3.63. The van der Waals surface area contributed by atoms with Crippen molar-refractivity contribution in [2.75, 3.05) is 0 Å². The van der Waals surface area contributed by atoms with Crippen molar-refractivity contribution in [1.82, 2.24) is 4.57 Å². The fraction of sp³-hybridized carbons (Fsp3) is 0.267. The van der Waals surface area contributed by atoms with E-state index in [1.54, 1.807) is 7.05 Å². The zero-order valence-electron chi connectivity index (χ0n) is 11.2. The third kappa shape index (κ3) is 2.12. The van der Waals surface area contributed by atoms with Crippen LogP contribution in [-0.2, 0) is 13.5 Å². The van der Waals surface area contributed by atoms with E-state index in [-0.39, 0.29) is 10.6 Å². The van der Waals surface area contributed by atoms with Crippen LogP contribution in [0.25, 0.3) is 11.1 Å². The highest BCUT2D eigenvalue weighted by Gasteiger charge is 2.16. The van der Waals surface area contributed by atoms with Crippen molar-refractivity contribution in [3.05, 3.63) is 58.0 Å². The van der Waals surface area contributed by atoms with Gasteiger partial charge in [-0.15, -0.1) is 0 Å². The van der Waals surface area contributed by atoms with Crippen molar-refractivity contribution in [1.29, 1.82) is 0 Å². The molecule has 2 aromatic heterocycles. The second-order valence-corrected chi connectivity index (χ2v) is 5.59. The molecule has 0 bridgehead atoms. The van der Waals surface area contributed by atoms with E-state index in [1.807, 2.05) is 30.3 Å². The molecule has 0 aliphatic rings. The van der Waals surface area contributed by atoms with Gasteiger partial charge in [0.05, 0.1) is 10.3 Å². The summed E-state index contributed by atoms with van der Waals surface area (Å²) in [6, 6.07) is 9.65. The summed E-state index contributed by atoms with van der Waals surface area (Å²) in [6.45, 7) is 2.05. The molecule has 0 N–H and O–H groups in total. The van der Waals surface area contributed by atoms with E-state index < -0.39 is 0 Å². The van der Waals surface area contributed by atoms with Crippen molar-refractivity contribution in [3.63, 3.8) is 0 Å². The second-order valence-electron chi connectivity index (χ2n) is 4.67. The Hall–Kier alpha value is -1.75. The molecular weight excluding hydrogens is 322 g/mol. The number of furan rings is 1. The van der Waals surface area contributed by atoms with E-state index >= 15 is 0 Å². The van der Waals surface area contributed by atoms with Crippen molar-refractivity contribution in [2.45, 2.75) is 18.2 Å². The van der Waals surface area contributed by atoms with Gasteiger partial charge in [0.15, 0.2) is 5.58 Å². The molecule has 0 aliphatic heterocycles. The zero-order valence-corrected chi connectivity index (χ0v) is 12.8. The monoisotopic (exact) mass is 335 g/mol. The minimum atomic E-state index is -0.352. The lowest BCUT2D eigenvalue weighted by Gasteiger charge is -2.07. The molecule has 3 aromatic rings. The third-order valence-electron chi connectivity index (χ3n) is 3.39. The van der Waals surface area contributed by atoms with E-state index in [4.69, 9.17) is 8.83 Å². The molecule has 2 heterocycles. The molecule has 0 fully saturated rings. The van der Waals surface area contributed by atoms with E-state index in [0.717, 1.165) is 29.0 Å². The van der Waals surface area contributed by atoms with Gasteiger partial charge in [-0.3, -0.25) is 4.57 Å². The summed E-state index contributed by atoms with van der Waals surface area (Å²) in [4.78, 5) is 11.4. The van der Waals surface area contributed by atoms with E-state index in [2.05, 4.69) is 22.9 Å². The van der Waals surface area contributed by atoms with E-state index in [0.29, 0.717) is 5.58 Å². The van der Waals surface area contributed by atoms with Crippen LogP contribution in [-0.4, -0.2) is 4.57 Å². The molecule has 3 rings (SSSR count). The molecule has 20 heavy (non-hydrogen) atoms. The lowest BCUT2D eigenvalue weighted by Crippen LogP contribution is -2.08. The molecular formula is C15H14BrNO3. The van der Waals surface area contributed by atoms with Crippen molar-refractivity contribution in [3.8, 4) is 0 Å². The molecule has 1 aromatic carbocycles. The Morgan fingerprint density at radius 1 is 1.25 bits per heavy atom. The van der Waals surface area contributed by atoms with Crippen LogP contribution >= 0.6 is 15.9 Å². The van der Waals surface area contributed by atoms with Gasteiger partial charge in [-0.2, -0.15) is 0 Å². The molecule has 0 radical (unpaired) electrons. The molecule has 1 unspecified atom stereocenters. The summed E-state index contributed by atoms with van der Waals surface area (Å²) in [5.41, 5.74) is 2.36. The van der Waals surface area contributed by atoms with Crippen LogP contribution in [0.2, 0.25) is 0 Å². The molecule has 4 nitrogen and oxygen atoms in total. The van der Waals surface area contributed by atoms with E-state index in [1.165, 1.54) is 4.57 Å². The Bertz CT molecular complexity index is 812. The zero-order chi connectivity index (χ0) is 14.3. The van der Waals surface area contributed by atoms with Gasteiger partial charge in [0.25, 0.3) is 0 Å². The van der Waals surface area contributed by atoms with Gasteiger partial charge >= 0.3 is 5.76 Å². The average Bonchev–Trinajstić information content (AvgIpc) is 3.04. The SMILES string of the molecule is CCc1ccc(C(Br)c2ccc3c(c2)oc(=O)n3C)o1. The summed E-state index contributed by atoms with van der Waals surface area (Å²) in [5.74, 6) is 1.45. The first-order valence-corrected chi connectivity index (χ1v) is 7.34. The number of fused-ring (bicyclic) bond motifs is 1. The Morgan fingerprint density at radius 2 is 2.05 bits per heavy atom. The lowest BCUT2D eigenvalue weighted by atomic mass is 10.1. The number of aromatic nitrogens is 1. The molecule has 0 amide bonds. The predicted molar refractivity (Wildman–Crippen MR) is 80.3 cm³/mol. The standard InChI is InChI=1S/C15H14BrNO3/c1-3-10-5-7-12(19-10)14(16)9-4-6-11-13(8-9)20-15(18)17(11)2/h4-8,14H,3H2,1-2H3. The molecule has 0 aliphatic carbocycles. The van der Waals surface area contributed by atoms with Gasteiger partial charge in [-0.1, -0.05) is 28.9 Å². The predicted octanol–water partition coefficient (Wildman–Crippen LogP) is 3.77. The largest absolute Gasteiger partial charge is 0.465 e. The van der Waals surface area contributed by atoms with Gasteiger partial charge in [0.2, 0.25) is 0 Å². The lowest BCUT2D eigenvalue weighted by molar-refractivity contribution is 0.477. The molecule has 0 saturated carbocycles. The van der Waals surface area contributed by atoms with Crippen molar-refractivity contribution in [2.24, 2.45) is 7.05 Å². The highest BCUT2D eigenvalue weighted by Crippen LogP contribution is 2.33. The Morgan fingerprint density at radius 3 is 2.75 bits per heavy atom. The quantitative estimate of drug-likeness (QED) is 0.684. The van der Waals surface area contributed by atoms with E-state index in [9.17, 15) is 4.79 Å². The third-order valence-corrected chi connectivity index (χ3v) is 4.37. The number of hydrogen-bond donors (Lipinski definition) is 0. The van der Waals surface area contributed by atoms with Gasteiger partial charge in [0, 0.05) is 13.5 Å². The van der Waals surface area contributed by atoms with Crippen LogP contribution < -0.4 is 5.76 Å². The number of rotatable bonds is 3. The Labute approximate surface area is 124 Å². The maximum absolute atomic E-state index is 11.5. The smallest absolute Gasteiger partial charge is 0.419 e. The normalized spacial score (nSPS) is 12.9. The van der Waals surface area contributed by atoms with Crippen LogP contribution in [0.4, 0.5) is 0 Å². The fourth-order valence-corrected chi connectivity index (χ4v) is 2.72.